The van der Waals surface area contributed by atoms with Crippen molar-refractivity contribution in [2.45, 2.75) is 39.0 Å². The SMILES string of the molecule is CCC1(C(=O)N(C)CCBr)CCCC1. The topological polar surface area (TPSA) is 20.3 Å². The van der Waals surface area contributed by atoms with Crippen molar-refractivity contribution in [3.63, 3.8) is 0 Å². The molecule has 0 aliphatic heterocycles. The second kappa shape index (κ2) is 5.15. The van der Waals surface area contributed by atoms with Crippen molar-refractivity contribution in [1.82, 2.24) is 4.90 Å². The Kier molecular flexibility index (Phi) is 4.42. The van der Waals surface area contributed by atoms with Crippen LogP contribution in [0.15, 0.2) is 0 Å². The van der Waals surface area contributed by atoms with E-state index < -0.39 is 0 Å². The number of carbonyl (C=O) groups excluding carboxylic acids is 1. The van der Waals surface area contributed by atoms with Gasteiger partial charge in [-0.3, -0.25) is 4.79 Å². The van der Waals surface area contributed by atoms with Crippen LogP contribution in [-0.4, -0.2) is 29.7 Å². The first-order valence-corrected chi connectivity index (χ1v) is 6.60. The Morgan fingerprint density at radius 3 is 2.43 bits per heavy atom. The smallest absolute Gasteiger partial charge is 0.228 e. The predicted octanol–water partition coefficient (Wildman–Crippen LogP) is 2.81. The van der Waals surface area contributed by atoms with Gasteiger partial charge in [-0.25, -0.2) is 0 Å². The van der Waals surface area contributed by atoms with Crippen LogP contribution < -0.4 is 0 Å². The van der Waals surface area contributed by atoms with Crippen LogP contribution in [0.5, 0.6) is 0 Å². The van der Waals surface area contributed by atoms with E-state index in [-0.39, 0.29) is 5.41 Å². The summed E-state index contributed by atoms with van der Waals surface area (Å²) in [5.74, 6) is 0.358. The average molecular weight is 262 g/mol. The molecule has 14 heavy (non-hydrogen) atoms. The third kappa shape index (κ3) is 2.30. The minimum Gasteiger partial charge on any atom is -0.344 e. The van der Waals surface area contributed by atoms with Crippen molar-refractivity contribution in [3.8, 4) is 0 Å². The van der Waals surface area contributed by atoms with Crippen molar-refractivity contribution in [2.75, 3.05) is 18.9 Å². The lowest BCUT2D eigenvalue weighted by molar-refractivity contribution is -0.140. The molecule has 0 spiro atoms. The molecule has 0 saturated heterocycles. The molecule has 0 unspecified atom stereocenters. The number of halogens is 1. The number of amides is 1. The van der Waals surface area contributed by atoms with E-state index >= 15 is 0 Å². The summed E-state index contributed by atoms with van der Waals surface area (Å²) in [4.78, 5) is 14.1. The summed E-state index contributed by atoms with van der Waals surface area (Å²) in [6, 6.07) is 0. The van der Waals surface area contributed by atoms with Gasteiger partial charge >= 0.3 is 0 Å². The Balaban J connectivity index is 2.64. The van der Waals surface area contributed by atoms with Gasteiger partial charge in [0.05, 0.1) is 0 Å². The summed E-state index contributed by atoms with van der Waals surface area (Å²) >= 11 is 3.37. The predicted molar refractivity (Wildman–Crippen MR) is 62.6 cm³/mol. The molecule has 0 aromatic carbocycles. The number of alkyl halides is 1. The fraction of sp³-hybridized carbons (Fsp3) is 0.909. The molecule has 1 amide bonds. The summed E-state index contributed by atoms with van der Waals surface area (Å²) in [5, 5.41) is 0.870. The van der Waals surface area contributed by atoms with E-state index in [2.05, 4.69) is 22.9 Å². The van der Waals surface area contributed by atoms with Gasteiger partial charge in [-0.2, -0.15) is 0 Å². The minimum atomic E-state index is -0.0169. The highest BCUT2D eigenvalue weighted by Crippen LogP contribution is 2.42. The first-order chi connectivity index (χ1) is 6.66. The zero-order chi connectivity index (χ0) is 10.6. The zero-order valence-corrected chi connectivity index (χ0v) is 10.8. The van der Waals surface area contributed by atoms with Crippen LogP contribution in [0.3, 0.4) is 0 Å². The molecular weight excluding hydrogens is 242 g/mol. The van der Waals surface area contributed by atoms with Crippen molar-refractivity contribution in [1.29, 1.82) is 0 Å². The number of carbonyl (C=O) groups is 1. The standard InChI is InChI=1S/C11H20BrNO/c1-3-11(6-4-5-7-11)10(14)13(2)9-8-12/h3-9H2,1-2H3. The lowest BCUT2D eigenvalue weighted by atomic mass is 9.82. The molecule has 0 aromatic rings. The molecule has 1 aliphatic rings. The summed E-state index contributed by atoms with van der Waals surface area (Å²) in [5.41, 5.74) is -0.0169. The summed E-state index contributed by atoms with van der Waals surface area (Å²) in [6.45, 7) is 2.96. The number of nitrogens with zero attached hydrogens (tertiary/aromatic N) is 1. The first-order valence-electron chi connectivity index (χ1n) is 5.48. The van der Waals surface area contributed by atoms with Gasteiger partial charge in [0, 0.05) is 24.3 Å². The Morgan fingerprint density at radius 2 is 2.00 bits per heavy atom. The van der Waals surface area contributed by atoms with E-state index in [9.17, 15) is 4.79 Å². The van der Waals surface area contributed by atoms with Crippen LogP contribution in [0.25, 0.3) is 0 Å². The van der Waals surface area contributed by atoms with Gasteiger partial charge in [-0.15, -0.1) is 0 Å². The van der Waals surface area contributed by atoms with E-state index in [0.29, 0.717) is 5.91 Å². The second-order valence-electron chi connectivity index (χ2n) is 4.26. The van der Waals surface area contributed by atoms with Crippen LogP contribution in [0.1, 0.15) is 39.0 Å². The van der Waals surface area contributed by atoms with Crippen LogP contribution in [0.4, 0.5) is 0 Å². The summed E-state index contributed by atoms with van der Waals surface area (Å²) in [6.07, 6.45) is 5.63. The normalized spacial score (nSPS) is 19.6. The highest BCUT2D eigenvalue weighted by atomic mass is 79.9. The fourth-order valence-electron chi connectivity index (χ4n) is 2.40. The van der Waals surface area contributed by atoms with E-state index in [0.717, 1.165) is 31.1 Å². The van der Waals surface area contributed by atoms with Crippen molar-refractivity contribution >= 4 is 21.8 Å². The van der Waals surface area contributed by atoms with E-state index in [4.69, 9.17) is 0 Å². The molecule has 1 aliphatic carbocycles. The Bertz CT molecular complexity index is 199. The molecule has 0 aromatic heterocycles. The molecule has 0 N–H and O–H groups in total. The Labute approximate surface area is 95.2 Å². The Hall–Kier alpha value is -0.0500. The largest absolute Gasteiger partial charge is 0.344 e. The molecular formula is C11H20BrNO. The van der Waals surface area contributed by atoms with E-state index in [1.807, 2.05) is 11.9 Å². The van der Waals surface area contributed by atoms with Gasteiger partial charge in [0.1, 0.15) is 0 Å². The van der Waals surface area contributed by atoms with Gasteiger partial charge in [-0.05, 0) is 19.3 Å². The Morgan fingerprint density at radius 1 is 1.43 bits per heavy atom. The molecule has 1 fully saturated rings. The molecule has 82 valence electrons. The van der Waals surface area contributed by atoms with Crippen molar-refractivity contribution in [3.05, 3.63) is 0 Å². The number of rotatable bonds is 4. The van der Waals surface area contributed by atoms with Gasteiger partial charge in [0.2, 0.25) is 5.91 Å². The molecule has 0 radical (unpaired) electrons. The zero-order valence-electron chi connectivity index (χ0n) is 9.18. The first kappa shape index (κ1) is 12.0. The van der Waals surface area contributed by atoms with Crippen LogP contribution >= 0.6 is 15.9 Å². The molecule has 0 atom stereocenters. The van der Waals surface area contributed by atoms with Crippen molar-refractivity contribution < 1.29 is 4.79 Å². The lowest BCUT2D eigenvalue weighted by Gasteiger charge is -2.31. The maximum Gasteiger partial charge on any atom is 0.228 e. The number of hydrogen-bond acceptors (Lipinski definition) is 1. The highest BCUT2D eigenvalue weighted by molar-refractivity contribution is 9.09. The molecule has 1 rings (SSSR count). The average Bonchev–Trinajstić information content (AvgIpc) is 2.66. The van der Waals surface area contributed by atoms with E-state index in [1.54, 1.807) is 0 Å². The summed E-state index contributed by atoms with van der Waals surface area (Å²) < 4.78 is 0. The van der Waals surface area contributed by atoms with Crippen LogP contribution in [-0.2, 0) is 4.79 Å². The van der Waals surface area contributed by atoms with Gasteiger partial charge in [0.25, 0.3) is 0 Å². The third-order valence-electron chi connectivity index (χ3n) is 3.46. The van der Waals surface area contributed by atoms with Crippen LogP contribution in [0.2, 0.25) is 0 Å². The quantitative estimate of drug-likeness (QED) is 0.713. The van der Waals surface area contributed by atoms with Gasteiger partial charge in [0.15, 0.2) is 0 Å². The monoisotopic (exact) mass is 261 g/mol. The summed E-state index contributed by atoms with van der Waals surface area (Å²) in [7, 11) is 1.92. The van der Waals surface area contributed by atoms with Crippen molar-refractivity contribution in [2.24, 2.45) is 5.41 Å². The molecule has 3 heteroatoms. The van der Waals surface area contributed by atoms with Gasteiger partial charge in [-0.1, -0.05) is 35.7 Å². The fourth-order valence-corrected chi connectivity index (χ4v) is 2.94. The molecule has 0 heterocycles. The minimum absolute atomic E-state index is 0.0169. The third-order valence-corrected chi connectivity index (χ3v) is 3.81. The van der Waals surface area contributed by atoms with Gasteiger partial charge < -0.3 is 4.90 Å². The second-order valence-corrected chi connectivity index (χ2v) is 5.05. The van der Waals surface area contributed by atoms with E-state index in [1.165, 1.54) is 12.8 Å². The highest BCUT2D eigenvalue weighted by Gasteiger charge is 2.40. The lowest BCUT2D eigenvalue weighted by Crippen LogP contribution is -2.41. The number of hydrogen-bond donors (Lipinski definition) is 0. The maximum absolute atomic E-state index is 12.2. The van der Waals surface area contributed by atoms with Crippen LogP contribution in [0, 0.1) is 5.41 Å². The maximum atomic E-state index is 12.2. The molecule has 0 bridgehead atoms. The molecule has 2 nitrogen and oxygen atoms in total. The molecule has 1 saturated carbocycles.